The highest BCUT2D eigenvalue weighted by atomic mass is 16.4. The Morgan fingerprint density at radius 2 is 1.33 bits per heavy atom. The number of carboxylic acid groups (broad SMARTS) is 1. The molecule has 0 aliphatic carbocycles. The van der Waals surface area contributed by atoms with Gasteiger partial charge in [-0.25, -0.2) is 0 Å². The van der Waals surface area contributed by atoms with Gasteiger partial charge in [-0.1, -0.05) is 45.4 Å². The van der Waals surface area contributed by atoms with Crippen LogP contribution in [0.2, 0.25) is 0 Å². The molecule has 0 spiro atoms. The van der Waals surface area contributed by atoms with Crippen LogP contribution in [0.1, 0.15) is 84.0 Å². The maximum atomic E-state index is 10.3. The first-order chi connectivity index (χ1) is 8.77. The lowest BCUT2D eigenvalue weighted by atomic mass is 10.1. The van der Waals surface area contributed by atoms with Crippen molar-refractivity contribution < 1.29 is 9.90 Å². The van der Waals surface area contributed by atoms with Gasteiger partial charge >= 0.3 is 5.97 Å². The molecule has 0 bridgehead atoms. The van der Waals surface area contributed by atoms with Crippen LogP contribution >= 0.6 is 0 Å². The molecule has 0 radical (unpaired) electrons. The van der Waals surface area contributed by atoms with Gasteiger partial charge < -0.3 is 5.11 Å². The van der Waals surface area contributed by atoms with Crippen LogP contribution in [0.3, 0.4) is 0 Å². The molecule has 0 amide bonds. The Balaban J connectivity index is 3.12. The third-order valence-corrected chi connectivity index (χ3v) is 2.97. The number of hydrogen-bond donors (Lipinski definition) is 1. The molecule has 104 valence electrons. The minimum atomic E-state index is -0.691. The van der Waals surface area contributed by atoms with Gasteiger partial charge in [-0.3, -0.25) is 4.79 Å². The Hall–Kier alpha value is -0.970. The number of aliphatic carboxylic acids is 1. The molecule has 1 N–H and O–H groups in total. The van der Waals surface area contributed by atoms with Gasteiger partial charge in [-0.2, -0.15) is 0 Å². The smallest absolute Gasteiger partial charge is 0.303 e. The average molecular weight is 252 g/mol. The van der Waals surface area contributed by atoms with Crippen LogP contribution in [0.4, 0.5) is 0 Å². The highest BCUT2D eigenvalue weighted by Crippen LogP contribution is 2.06. The third kappa shape index (κ3) is 15.0. The predicted octanol–water partition coefficient (Wildman–Crippen LogP) is 4.78. The van der Waals surface area contributed by atoms with Crippen molar-refractivity contribution in [1.82, 2.24) is 0 Å². The minimum absolute atomic E-state index is 0.297. The van der Waals surface area contributed by atoms with E-state index in [4.69, 9.17) is 5.11 Å². The van der Waals surface area contributed by atoms with E-state index in [-0.39, 0.29) is 0 Å². The second-order valence-corrected chi connectivity index (χ2v) is 4.83. The second kappa shape index (κ2) is 14.1. The summed E-state index contributed by atoms with van der Waals surface area (Å²) in [6, 6.07) is 0. The predicted molar refractivity (Wildman–Crippen MR) is 76.5 cm³/mol. The first-order valence-corrected chi connectivity index (χ1v) is 7.45. The van der Waals surface area contributed by atoms with Crippen molar-refractivity contribution >= 4 is 5.97 Å². The van der Waals surface area contributed by atoms with Crippen molar-refractivity contribution in [2.45, 2.75) is 84.0 Å². The maximum absolute atomic E-state index is 10.3. The fourth-order valence-electron chi connectivity index (χ4n) is 1.84. The van der Waals surface area contributed by atoms with Crippen LogP contribution in [0.5, 0.6) is 0 Å². The summed E-state index contributed by atoms with van der Waals surface area (Å²) in [6.45, 7) is 2.24. The Bertz CT molecular complexity index is 248. The monoisotopic (exact) mass is 252 g/mol. The van der Waals surface area contributed by atoms with E-state index in [9.17, 15) is 4.79 Å². The third-order valence-electron chi connectivity index (χ3n) is 2.97. The number of hydrogen-bond acceptors (Lipinski definition) is 1. The van der Waals surface area contributed by atoms with Crippen LogP contribution in [0.25, 0.3) is 0 Å². The molecule has 0 rings (SSSR count). The van der Waals surface area contributed by atoms with Crippen LogP contribution in [-0.4, -0.2) is 11.1 Å². The lowest BCUT2D eigenvalue weighted by Gasteiger charge is -1.96. The normalized spacial score (nSPS) is 9.83. The fraction of sp³-hybridized carbons (Fsp3) is 0.812. The molecule has 0 aromatic carbocycles. The van der Waals surface area contributed by atoms with Crippen LogP contribution in [-0.2, 0) is 4.79 Å². The summed E-state index contributed by atoms with van der Waals surface area (Å²) in [6.07, 6.45) is 13.0. The van der Waals surface area contributed by atoms with Crippen LogP contribution in [0, 0.1) is 11.8 Å². The molecule has 0 aliphatic heterocycles. The molecule has 0 aliphatic rings. The highest BCUT2D eigenvalue weighted by Gasteiger charge is 1.94. The summed E-state index contributed by atoms with van der Waals surface area (Å²) < 4.78 is 0. The number of unbranched alkanes of at least 4 members (excludes halogenated alkanes) is 9. The van der Waals surface area contributed by atoms with Crippen molar-refractivity contribution in [3.8, 4) is 11.8 Å². The fourth-order valence-corrected chi connectivity index (χ4v) is 1.84. The van der Waals surface area contributed by atoms with E-state index in [1.54, 1.807) is 0 Å². The summed E-state index contributed by atoms with van der Waals surface area (Å²) >= 11 is 0. The second-order valence-electron chi connectivity index (χ2n) is 4.83. The van der Waals surface area contributed by atoms with E-state index in [2.05, 4.69) is 18.8 Å². The van der Waals surface area contributed by atoms with Crippen LogP contribution < -0.4 is 0 Å². The summed E-state index contributed by atoms with van der Waals surface area (Å²) in [5.41, 5.74) is 0. The SMILES string of the molecule is CCCCCCCCC#CCCCCCC(=O)O. The van der Waals surface area contributed by atoms with E-state index >= 15 is 0 Å². The zero-order valence-electron chi connectivity index (χ0n) is 11.8. The molecule has 2 heteroatoms. The quantitative estimate of drug-likeness (QED) is 0.424. The summed E-state index contributed by atoms with van der Waals surface area (Å²) in [5.74, 6) is 5.70. The molecule has 0 aromatic rings. The van der Waals surface area contributed by atoms with Gasteiger partial charge in [0, 0.05) is 19.3 Å². The molecule has 0 atom stereocenters. The standard InChI is InChI=1S/C16H28O2/c1-2-3-4-5-6-7-8-9-10-11-12-13-14-15-16(17)18/h2-8,11-15H2,1H3,(H,17,18). The topological polar surface area (TPSA) is 37.3 Å². The Kier molecular flexibility index (Phi) is 13.3. The maximum Gasteiger partial charge on any atom is 0.303 e. The van der Waals surface area contributed by atoms with E-state index in [1.807, 2.05) is 0 Å². The Morgan fingerprint density at radius 3 is 1.89 bits per heavy atom. The van der Waals surface area contributed by atoms with Crippen molar-refractivity contribution in [3.63, 3.8) is 0 Å². The zero-order chi connectivity index (χ0) is 13.5. The van der Waals surface area contributed by atoms with E-state index in [0.717, 1.165) is 32.1 Å². The lowest BCUT2D eigenvalue weighted by molar-refractivity contribution is -0.137. The lowest BCUT2D eigenvalue weighted by Crippen LogP contribution is -1.93. The van der Waals surface area contributed by atoms with E-state index in [1.165, 1.54) is 38.5 Å². The van der Waals surface area contributed by atoms with Gasteiger partial charge in [0.2, 0.25) is 0 Å². The number of carbonyl (C=O) groups is 1. The van der Waals surface area contributed by atoms with Gasteiger partial charge in [-0.15, -0.1) is 11.8 Å². The van der Waals surface area contributed by atoms with Gasteiger partial charge in [0.25, 0.3) is 0 Å². The first kappa shape index (κ1) is 17.0. The molecule has 18 heavy (non-hydrogen) atoms. The molecule has 2 nitrogen and oxygen atoms in total. The van der Waals surface area contributed by atoms with Crippen molar-refractivity contribution in [2.24, 2.45) is 0 Å². The number of rotatable bonds is 11. The summed E-state index contributed by atoms with van der Waals surface area (Å²) in [5, 5.41) is 8.46. The summed E-state index contributed by atoms with van der Waals surface area (Å²) in [4.78, 5) is 10.3. The molecular formula is C16H28O2. The molecule has 0 saturated heterocycles. The van der Waals surface area contributed by atoms with E-state index < -0.39 is 5.97 Å². The van der Waals surface area contributed by atoms with Gasteiger partial charge in [-0.05, 0) is 19.3 Å². The molecule has 0 heterocycles. The Labute approximate surface area is 112 Å². The van der Waals surface area contributed by atoms with Gasteiger partial charge in [0.1, 0.15) is 0 Å². The van der Waals surface area contributed by atoms with Gasteiger partial charge in [0.05, 0.1) is 0 Å². The van der Waals surface area contributed by atoms with Crippen molar-refractivity contribution in [1.29, 1.82) is 0 Å². The Morgan fingerprint density at radius 1 is 0.833 bits per heavy atom. The largest absolute Gasteiger partial charge is 0.481 e. The molecular weight excluding hydrogens is 224 g/mol. The highest BCUT2D eigenvalue weighted by molar-refractivity contribution is 5.66. The van der Waals surface area contributed by atoms with Crippen molar-refractivity contribution in [3.05, 3.63) is 0 Å². The molecule has 0 unspecified atom stereocenters. The summed E-state index contributed by atoms with van der Waals surface area (Å²) in [7, 11) is 0. The first-order valence-electron chi connectivity index (χ1n) is 7.45. The van der Waals surface area contributed by atoms with Crippen LogP contribution in [0.15, 0.2) is 0 Å². The molecule has 0 aromatic heterocycles. The molecule has 0 fully saturated rings. The number of carboxylic acids is 1. The van der Waals surface area contributed by atoms with Crippen molar-refractivity contribution in [2.75, 3.05) is 0 Å². The minimum Gasteiger partial charge on any atom is -0.481 e. The molecule has 0 saturated carbocycles. The van der Waals surface area contributed by atoms with Gasteiger partial charge in [0.15, 0.2) is 0 Å². The van der Waals surface area contributed by atoms with E-state index in [0.29, 0.717) is 6.42 Å². The zero-order valence-corrected chi connectivity index (χ0v) is 11.8. The average Bonchev–Trinajstić information content (AvgIpc) is 2.34.